The molecule has 8 nitrogen and oxygen atoms in total. The van der Waals surface area contributed by atoms with E-state index in [2.05, 4.69) is 50.5 Å². The largest absolute Gasteiger partial charge is 0.353 e. The van der Waals surface area contributed by atoms with E-state index in [0.717, 1.165) is 50.8 Å². The van der Waals surface area contributed by atoms with Gasteiger partial charge >= 0.3 is 0 Å². The van der Waals surface area contributed by atoms with Crippen LogP contribution in [0.25, 0.3) is 0 Å². The average Bonchev–Trinajstić information content (AvgIpc) is 3.18. The fourth-order valence-electron chi connectivity index (χ4n) is 4.63. The summed E-state index contributed by atoms with van der Waals surface area (Å²) in [6, 6.07) is 12.0. The lowest BCUT2D eigenvalue weighted by Crippen LogP contribution is -2.53. The zero-order valence-corrected chi connectivity index (χ0v) is 19.2. The van der Waals surface area contributed by atoms with Crippen molar-refractivity contribution in [3.8, 4) is 0 Å². The first-order chi connectivity index (χ1) is 15.5. The molecule has 2 aromatic rings. The van der Waals surface area contributed by atoms with Crippen LogP contribution in [0, 0.1) is 6.92 Å². The Morgan fingerprint density at radius 3 is 2.53 bits per heavy atom. The SMILES string of the molecule is CC[C@H](C(=O)NCCN1CCN(Cc2ccccc2)CC1)N1C(=O)CCn2nc(C)cc21. The minimum atomic E-state index is -0.500. The monoisotopic (exact) mass is 438 g/mol. The Balaban J connectivity index is 1.24. The first-order valence-corrected chi connectivity index (χ1v) is 11.7. The maximum Gasteiger partial charge on any atom is 0.243 e. The highest BCUT2D eigenvalue weighted by atomic mass is 16.2. The molecule has 1 aromatic heterocycles. The third-order valence-electron chi connectivity index (χ3n) is 6.38. The van der Waals surface area contributed by atoms with E-state index in [1.807, 2.05) is 24.6 Å². The Bertz CT molecular complexity index is 920. The number of rotatable bonds is 8. The number of benzene rings is 1. The number of aryl methyl sites for hydroxylation is 2. The van der Waals surface area contributed by atoms with Gasteiger partial charge in [0.05, 0.1) is 12.2 Å². The lowest BCUT2D eigenvalue weighted by molar-refractivity contribution is -0.127. The molecule has 1 fully saturated rings. The number of aromatic nitrogens is 2. The molecular formula is C24H34N6O2. The van der Waals surface area contributed by atoms with E-state index in [1.165, 1.54) is 5.56 Å². The quantitative estimate of drug-likeness (QED) is 0.678. The Morgan fingerprint density at radius 1 is 1.09 bits per heavy atom. The average molecular weight is 439 g/mol. The normalized spacial score (nSPS) is 18.4. The van der Waals surface area contributed by atoms with E-state index in [4.69, 9.17) is 0 Å². The second-order valence-electron chi connectivity index (χ2n) is 8.70. The maximum absolute atomic E-state index is 13.0. The van der Waals surface area contributed by atoms with Crippen LogP contribution in [0.4, 0.5) is 5.82 Å². The van der Waals surface area contributed by atoms with Crippen LogP contribution in [0.5, 0.6) is 0 Å². The first kappa shape index (κ1) is 22.5. The number of nitrogens with one attached hydrogen (secondary N) is 1. The summed E-state index contributed by atoms with van der Waals surface area (Å²) in [7, 11) is 0. The fraction of sp³-hybridized carbons (Fsp3) is 0.542. The zero-order valence-electron chi connectivity index (χ0n) is 19.2. The van der Waals surface area contributed by atoms with E-state index in [1.54, 1.807) is 4.90 Å². The Morgan fingerprint density at radius 2 is 1.81 bits per heavy atom. The van der Waals surface area contributed by atoms with E-state index in [9.17, 15) is 9.59 Å². The molecule has 8 heteroatoms. The number of hydrogen-bond acceptors (Lipinski definition) is 5. The van der Waals surface area contributed by atoms with Crippen LogP contribution in [0.15, 0.2) is 36.4 Å². The van der Waals surface area contributed by atoms with Crippen LogP contribution in [0.1, 0.15) is 31.0 Å². The van der Waals surface area contributed by atoms with E-state index in [0.29, 0.717) is 25.9 Å². The molecule has 4 rings (SSSR count). The molecule has 0 radical (unpaired) electrons. The topological polar surface area (TPSA) is 73.7 Å². The molecule has 2 aliphatic heterocycles. The van der Waals surface area contributed by atoms with Crippen molar-refractivity contribution in [1.29, 1.82) is 0 Å². The summed E-state index contributed by atoms with van der Waals surface area (Å²) < 4.78 is 1.83. The molecule has 1 N–H and O–H groups in total. The van der Waals surface area contributed by atoms with Crippen molar-refractivity contribution in [3.63, 3.8) is 0 Å². The van der Waals surface area contributed by atoms with Crippen LogP contribution < -0.4 is 10.2 Å². The molecule has 0 saturated carbocycles. The predicted molar refractivity (Wildman–Crippen MR) is 124 cm³/mol. The molecule has 0 spiro atoms. The van der Waals surface area contributed by atoms with Crippen molar-refractivity contribution >= 4 is 17.6 Å². The highest BCUT2D eigenvalue weighted by molar-refractivity contribution is 6.00. The number of hydrogen-bond donors (Lipinski definition) is 1. The van der Waals surface area contributed by atoms with Gasteiger partial charge in [-0.15, -0.1) is 0 Å². The number of carbonyl (C=O) groups is 2. The van der Waals surface area contributed by atoms with E-state index >= 15 is 0 Å². The Kier molecular flexibility index (Phi) is 7.22. The van der Waals surface area contributed by atoms with Gasteiger partial charge in [-0.25, -0.2) is 4.68 Å². The van der Waals surface area contributed by atoms with Gasteiger partial charge in [0, 0.05) is 58.3 Å². The summed E-state index contributed by atoms with van der Waals surface area (Å²) in [5.41, 5.74) is 2.21. The Hall–Kier alpha value is -2.71. The van der Waals surface area contributed by atoms with Gasteiger partial charge in [-0.05, 0) is 18.9 Å². The number of amides is 2. The Labute approximate surface area is 190 Å². The van der Waals surface area contributed by atoms with Crippen LogP contribution >= 0.6 is 0 Å². The van der Waals surface area contributed by atoms with E-state index < -0.39 is 6.04 Å². The smallest absolute Gasteiger partial charge is 0.243 e. The van der Waals surface area contributed by atoms with Crippen LogP contribution in [-0.2, 0) is 22.7 Å². The first-order valence-electron chi connectivity index (χ1n) is 11.7. The molecule has 2 amide bonds. The van der Waals surface area contributed by atoms with Crippen molar-refractivity contribution < 1.29 is 9.59 Å². The number of fused-ring (bicyclic) bond motifs is 1. The van der Waals surface area contributed by atoms with Crippen LogP contribution in [-0.4, -0.2) is 76.7 Å². The summed E-state index contributed by atoms with van der Waals surface area (Å²) in [5.74, 6) is 0.639. The summed E-state index contributed by atoms with van der Waals surface area (Å²) in [4.78, 5) is 32.1. The number of anilines is 1. The minimum Gasteiger partial charge on any atom is -0.353 e. The van der Waals surface area contributed by atoms with Crippen molar-refractivity contribution in [3.05, 3.63) is 47.7 Å². The lowest BCUT2D eigenvalue weighted by atomic mass is 10.1. The van der Waals surface area contributed by atoms with Gasteiger partial charge in [0.2, 0.25) is 11.8 Å². The second kappa shape index (κ2) is 10.3. The summed E-state index contributed by atoms with van der Waals surface area (Å²) in [5, 5.41) is 7.52. The van der Waals surface area contributed by atoms with Gasteiger partial charge in [-0.2, -0.15) is 5.10 Å². The van der Waals surface area contributed by atoms with Gasteiger partial charge in [-0.3, -0.25) is 24.3 Å². The molecule has 1 saturated heterocycles. The summed E-state index contributed by atoms with van der Waals surface area (Å²) >= 11 is 0. The number of carbonyl (C=O) groups excluding carboxylic acids is 2. The van der Waals surface area contributed by atoms with Gasteiger partial charge in [0.15, 0.2) is 0 Å². The fourth-order valence-corrected chi connectivity index (χ4v) is 4.63. The highest BCUT2D eigenvalue weighted by Crippen LogP contribution is 2.26. The third-order valence-corrected chi connectivity index (χ3v) is 6.38. The molecule has 0 unspecified atom stereocenters. The molecule has 1 atom stereocenters. The molecule has 0 bridgehead atoms. The number of nitrogens with zero attached hydrogens (tertiary/aromatic N) is 5. The van der Waals surface area contributed by atoms with Crippen LogP contribution in [0.3, 0.4) is 0 Å². The molecule has 172 valence electrons. The van der Waals surface area contributed by atoms with Crippen LogP contribution in [0.2, 0.25) is 0 Å². The lowest BCUT2D eigenvalue weighted by Gasteiger charge is -2.35. The maximum atomic E-state index is 13.0. The molecule has 1 aromatic carbocycles. The van der Waals surface area contributed by atoms with Crippen molar-refractivity contribution in [2.45, 2.75) is 45.8 Å². The predicted octanol–water partition coefficient (Wildman–Crippen LogP) is 1.64. The zero-order chi connectivity index (χ0) is 22.5. The van der Waals surface area contributed by atoms with Crippen molar-refractivity contribution in [2.75, 3.05) is 44.2 Å². The van der Waals surface area contributed by atoms with Crippen molar-refractivity contribution in [2.24, 2.45) is 0 Å². The summed E-state index contributed by atoms with van der Waals surface area (Å²) in [6.45, 7) is 10.9. The van der Waals surface area contributed by atoms with Crippen molar-refractivity contribution in [1.82, 2.24) is 24.9 Å². The molecule has 2 aliphatic rings. The van der Waals surface area contributed by atoms with Gasteiger partial charge in [0.1, 0.15) is 11.9 Å². The summed E-state index contributed by atoms with van der Waals surface area (Å²) in [6.07, 6.45) is 0.950. The van der Waals surface area contributed by atoms with E-state index in [-0.39, 0.29) is 11.8 Å². The standard InChI is InChI=1S/C24H34N6O2/c1-3-21(30-22-17-19(2)26-29(22)11-9-23(30)31)24(32)25-10-12-27-13-15-28(16-14-27)18-20-7-5-4-6-8-20/h4-8,17,21H,3,9-16,18H2,1-2H3,(H,25,32)/t21-/m1/s1. The third kappa shape index (κ3) is 5.19. The molecule has 3 heterocycles. The number of piperazine rings is 1. The molecular weight excluding hydrogens is 404 g/mol. The van der Waals surface area contributed by atoms with Gasteiger partial charge in [-0.1, -0.05) is 37.3 Å². The molecule has 32 heavy (non-hydrogen) atoms. The minimum absolute atomic E-state index is 0.00561. The second-order valence-corrected chi connectivity index (χ2v) is 8.70. The highest BCUT2D eigenvalue weighted by Gasteiger charge is 2.34. The van der Waals surface area contributed by atoms with Gasteiger partial charge < -0.3 is 5.32 Å². The molecule has 0 aliphatic carbocycles. The van der Waals surface area contributed by atoms with Gasteiger partial charge in [0.25, 0.3) is 0 Å².